The van der Waals surface area contributed by atoms with E-state index in [4.69, 9.17) is 14.2 Å². The molecule has 3 aromatic rings. The minimum Gasteiger partial charge on any atom is -1.00 e. The van der Waals surface area contributed by atoms with E-state index in [1.165, 1.54) is 6.08 Å². The van der Waals surface area contributed by atoms with Gasteiger partial charge in [0, 0.05) is 71.8 Å². The predicted molar refractivity (Wildman–Crippen MR) is 221 cm³/mol. The second kappa shape index (κ2) is 21.6. The van der Waals surface area contributed by atoms with Gasteiger partial charge in [-0.3, -0.25) is 24.0 Å². The molecule has 0 atom stereocenters. The van der Waals surface area contributed by atoms with Crippen LogP contribution < -0.4 is 34.7 Å². The molecule has 0 amide bonds. The molecule has 0 N–H and O–H groups in total. The third-order valence-corrected chi connectivity index (χ3v) is 9.73. The van der Waals surface area contributed by atoms with E-state index < -0.39 is 29.6 Å². The fourth-order valence-electron chi connectivity index (χ4n) is 6.36. The normalized spacial score (nSPS) is 15.1. The van der Waals surface area contributed by atoms with Gasteiger partial charge in [0.2, 0.25) is 0 Å². The van der Waals surface area contributed by atoms with Gasteiger partial charge in [-0.2, -0.15) is 0 Å². The molecule has 0 unspecified atom stereocenters. The second-order valence-corrected chi connectivity index (χ2v) is 17.0. The smallest absolute Gasteiger partial charge is 1.00 e. The standard InChI is InChI=1S/C27H26O4.C13H14O2.C7H16O3.B.Na.V/c1-26(2,3)14-7-9-16-18(11-14)24(30)20(22(16)28)13-21-23(29)17-10-8-15(27(4,5)6)12-19(17)25(21)31;1-13(2,3)8-4-5-9-10(6-8)12(15)7-11(9)14;1-4-8-7(9-5-2)10-6-3;;;/h7-13,30H,1-6H3;4-6H,7H2,1-3H3;7H,4-6H2,1-3H3;;;/q;;;-1;+1;/p-1/b21-13+;;;;;. The summed E-state index contributed by atoms with van der Waals surface area (Å²) in [7, 11) is 0. The van der Waals surface area contributed by atoms with Crippen molar-refractivity contribution in [1.29, 1.82) is 0 Å². The Hall–Kier alpha value is -3.18. The number of ether oxygens (including phenoxy) is 3. The van der Waals surface area contributed by atoms with Crippen LogP contribution >= 0.6 is 0 Å². The Kier molecular flexibility index (Phi) is 19.7. The summed E-state index contributed by atoms with van der Waals surface area (Å²) in [6, 6.07) is 16.1. The molecule has 3 aromatic carbocycles. The number of hydrogen-bond acceptors (Lipinski definition) is 9. The van der Waals surface area contributed by atoms with Gasteiger partial charge in [0.25, 0.3) is 6.48 Å². The summed E-state index contributed by atoms with van der Waals surface area (Å²) in [5.41, 5.74) is 4.88. The first-order valence-electron chi connectivity index (χ1n) is 19.2. The molecule has 3 aliphatic rings. The number of carbonyl (C=O) groups is 5. The number of allylic oxidation sites excluding steroid dienone is 3. The molecule has 59 heavy (non-hydrogen) atoms. The summed E-state index contributed by atoms with van der Waals surface area (Å²) in [5.74, 6) is -1.85. The van der Waals surface area contributed by atoms with Crippen molar-refractivity contribution in [2.24, 2.45) is 0 Å². The maximum Gasteiger partial charge on any atom is 1.00 e. The molecule has 0 saturated heterocycles. The molecule has 0 bridgehead atoms. The van der Waals surface area contributed by atoms with E-state index >= 15 is 0 Å². The Morgan fingerprint density at radius 3 is 1.34 bits per heavy atom. The van der Waals surface area contributed by atoms with Crippen LogP contribution in [0, 0.1) is 0 Å². The van der Waals surface area contributed by atoms with Crippen LogP contribution in [-0.2, 0) is 49.0 Å². The molecule has 5 radical (unpaired) electrons. The van der Waals surface area contributed by atoms with Crippen LogP contribution in [0.3, 0.4) is 0 Å². The molecule has 0 fully saturated rings. The second-order valence-electron chi connectivity index (χ2n) is 17.0. The first-order valence-corrected chi connectivity index (χ1v) is 19.2. The summed E-state index contributed by atoms with van der Waals surface area (Å²) < 4.78 is 15.2. The van der Waals surface area contributed by atoms with Crippen molar-refractivity contribution in [2.75, 3.05) is 19.8 Å². The molecule has 307 valence electrons. The number of carbonyl (C=O) groups excluding carboxylic acids is 5. The van der Waals surface area contributed by atoms with Crippen LogP contribution in [0.5, 0.6) is 0 Å². The molecule has 3 aliphatic carbocycles. The van der Waals surface area contributed by atoms with Crippen molar-refractivity contribution in [3.63, 3.8) is 0 Å². The average Bonchev–Trinajstić information content (AvgIpc) is 3.64. The third kappa shape index (κ3) is 12.5. The van der Waals surface area contributed by atoms with E-state index in [9.17, 15) is 29.1 Å². The molecule has 9 nitrogen and oxygen atoms in total. The van der Waals surface area contributed by atoms with Crippen LogP contribution in [0.2, 0.25) is 0 Å². The summed E-state index contributed by atoms with van der Waals surface area (Å²) >= 11 is 0. The van der Waals surface area contributed by atoms with Gasteiger partial charge < -0.3 is 27.7 Å². The van der Waals surface area contributed by atoms with Crippen LogP contribution in [0.25, 0.3) is 5.76 Å². The molecule has 0 aromatic heterocycles. The van der Waals surface area contributed by atoms with Gasteiger partial charge in [-0.25, -0.2) is 0 Å². The zero-order valence-electron chi connectivity index (χ0n) is 36.9. The molecule has 0 aliphatic heterocycles. The van der Waals surface area contributed by atoms with Gasteiger partial charge in [-0.15, -0.1) is 0 Å². The maximum absolute atomic E-state index is 13.0. The minimum atomic E-state index is -0.472. The number of hydrogen-bond donors (Lipinski definition) is 0. The van der Waals surface area contributed by atoms with Crippen molar-refractivity contribution < 1.29 is 91.4 Å². The molecular formula is C47H55BNaO9V-. The monoisotopic (exact) mass is 848 g/mol. The number of Topliss-reactive ketones (excluding diaryl/α,β-unsaturated/α-hetero) is 5. The summed E-state index contributed by atoms with van der Waals surface area (Å²) in [5, 5.41) is 13.0. The van der Waals surface area contributed by atoms with Gasteiger partial charge in [0.15, 0.2) is 28.9 Å². The third-order valence-electron chi connectivity index (χ3n) is 9.73. The Labute approximate surface area is 385 Å². The van der Waals surface area contributed by atoms with Gasteiger partial charge in [0.1, 0.15) is 0 Å². The van der Waals surface area contributed by atoms with Crippen molar-refractivity contribution in [3.05, 3.63) is 122 Å². The van der Waals surface area contributed by atoms with Crippen molar-refractivity contribution in [2.45, 2.75) is 112 Å². The number of rotatable bonds is 7. The van der Waals surface area contributed by atoms with Crippen molar-refractivity contribution >= 4 is 43.1 Å². The molecule has 6 rings (SSSR count). The number of benzene rings is 3. The Bertz CT molecular complexity index is 2120. The SMILES string of the molecule is CC(C)(C)c1ccc2c(c1)C(=O)/C(=C/C1=C([O-])c3cc(C(C)(C)C)ccc3C1=O)C2=O.CC(C)(C)c1ccc2c(c1)C(=O)CC2=O.CCOC(OCC)OCC.[B-].[Na+].[V]. The van der Waals surface area contributed by atoms with E-state index in [1.54, 1.807) is 30.3 Å². The molecule has 0 spiro atoms. The Morgan fingerprint density at radius 1 is 0.559 bits per heavy atom. The van der Waals surface area contributed by atoms with Gasteiger partial charge >= 0.3 is 29.6 Å². The predicted octanol–water partition coefficient (Wildman–Crippen LogP) is 5.31. The van der Waals surface area contributed by atoms with Crippen molar-refractivity contribution in [1.82, 2.24) is 0 Å². The fraction of sp³-hybridized carbons (Fsp3) is 0.426. The van der Waals surface area contributed by atoms with Crippen molar-refractivity contribution in [3.8, 4) is 0 Å². The van der Waals surface area contributed by atoms with E-state index in [1.807, 2.05) is 86.6 Å². The van der Waals surface area contributed by atoms with E-state index in [0.29, 0.717) is 53.2 Å². The van der Waals surface area contributed by atoms with E-state index in [0.717, 1.165) is 16.7 Å². The molecular weight excluding hydrogens is 793 g/mol. The minimum absolute atomic E-state index is 0. The molecule has 12 heteroatoms. The zero-order chi connectivity index (χ0) is 41.9. The first kappa shape index (κ1) is 53.8. The Morgan fingerprint density at radius 2 is 0.915 bits per heavy atom. The fourth-order valence-corrected chi connectivity index (χ4v) is 6.36. The number of fused-ring (bicyclic) bond motifs is 3. The van der Waals surface area contributed by atoms with E-state index in [-0.39, 0.29) is 102 Å². The molecule has 0 heterocycles. The van der Waals surface area contributed by atoms with Gasteiger partial charge in [0.05, 0.1) is 12.0 Å². The van der Waals surface area contributed by atoms with Crippen LogP contribution in [0.1, 0.15) is 164 Å². The average molecular weight is 849 g/mol. The summed E-state index contributed by atoms with van der Waals surface area (Å²) in [6.07, 6.45) is 1.24. The van der Waals surface area contributed by atoms with Gasteiger partial charge in [-0.1, -0.05) is 104 Å². The van der Waals surface area contributed by atoms with Gasteiger partial charge in [-0.05, 0) is 83.5 Å². The quantitative estimate of drug-likeness (QED) is 0.102. The summed E-state index contributed by atoms with van der Waals surface area (Å²) in [4.78, 5) is 61.8. The first-order chi connectivity index (χ1) is 26.0. The largest absolute Gasteiger partial charge is 1.00 e. The number of ketones is 5. The van der Waals surface area contributed by atoms with E-state index in [2.05, 4.69) is 20.8 Å². The van der Waals surface area contributed by atoms with Crippen LogP contribution in [0.4, 0.5) is 0 Å². The maximum atomic E-state index is 13.0. The summed E-state index contributed by atoms with van der Waals surface area (Å²) in [6.45, 7) is 25.6. The zero-order valence-corrected chi connectivity index (χ0v) is 40.3. The molecule has 0 saturated carbocycles. The van der Waals surface area contributed by atoms with Crippen LogP contribution in [-0.4, -0.2) is 63.6 Å². The topological polar surface area (TPSA) is 136 Å². The Balaban J connectivity index is 0.000000520. The van der Waals surface area contributed by atoms with Crippen LogP contribution in [0.15, 0.2) is 71.8 Å².